The van der Waals surface area contributed by atoms with Gasteiger partial charge in [0.25, 0.3) is 5.91 Å². The molecular weight excluding hydrogens is 362 g/mol. The van der Waals surface area contributed by atoms with Gasteiger partial charge in [-0.15, -0.1) is 0 Å². The quantitative estimate of drug-likeness (QED) is 0.492. The van der Waals surface area contributed by atoms with Crippen LogP contribution in [0.2, 0.25) is 0 Å². The van der Waals surface area contributed by atoms with Crippen LogP contribution in [0.4, 0.5) is 5.69 Å². The van der Waals surface area contributed by atoms with Crippen molar-refractivity contribution < 1.29 is 14.3 Å². The van der Waals surface area contributed by atoms with Crippen molar-refractivity contribution in [2.75, 3.05) is 11.9 Å². The lowest BCUT2D eigenvalue weighted by molar-refractivity contribution is 0.102. The molecule has 0 aliphatic carbocycles. The van der Waals surface area contributed by atoms with Crippen LogP contribution in [0.5, 0.6) is 11.5 Å². The third-order valence-electron chi connectivity index (χ3n) is 4.44. The van der Waals surface area contributed by atoms with Crippen molar-refractivity contribution >= 4 is 11.6 Å². The van der Waals surface area contributed by atoms with Gasteiger partial charge in [-0.1, -0.05) is 44.2 Å². The van der Waals surface area contributed by atoms with Gasteiger partial charge < -0.3 is 14.8 Å². The van der Waals surface area contributed by atoms with Crippen molar-refractivity contribution in [2.45, 2.75) is 26.9 Å². The zero-order chi connectivity index (χ0) is 20.5. The Bertz CT molecular complexity index is 888. The van der Waals surface area contributed by atoms with Crippen molar-refractivity contribution in [1.82, 2.24) is 0 Å². The largest absolute Gasteiger partial charge is 0.494 e. The molecule has 4 nitrogen and oxygen atoms in total. The minimum atomic E-state index is -0.159. The van der Waals surface area contributed by atoms with Gasteiger partial charge in [0.15, 0.2) is 0 Å². The molecule has 0 radical (unpaired) electrons. The first-order valence-corrected chi connectivity index (χ1v) is 9.91. The fraction of sp³-hybridized carbons (Fsp3) is 0.240. The first-order valence-electron chi connectivity index (χ1n) is 9.91. The van der Waals surface area contributed by atoms with Gasteiger partial charge in [0.1, 0.15) is 18.1 Å². The standard InChI is InChI=1S/C25H27NO3/c1-19(2)16-17-28-23-14-10-22(11-15-23)26-25(27)21-8-12-24(13-9-21)29-18-20-6-4-3-5-7-20/h3-15,19H,16-18H2,1-2H3,(H,26,27). The van der Waals surface area contributed by atoms with Crippen molar-refractivity contribution in [3.05, 3.63) is 90.0 Å². The highest BCUT2D eigenvalue weighted by molar-refractivity contribution is 6.04. The Balaban J connectivity index is 1.50. The molecule has 3 aromatic carbocycles. The predicted octanol–water partition coefficient (Wildman–Crippen LogP) is 5.94. The maximum atomic E-state index is 12.5. The van der Waals surface area contributed by atoms with Crippen LogP contribution in [-0.4, -0.2) is 12.5 Å². The highest BCUT2D eigenvalue weighted by atomic mass is 16.5. The molecule has 0 unspecified atom stereocenters. The van der Waals surface area contributed by atoms with Crippen LogP contribution in [0.1, 0.15) is 36.2 Å². The molecule has 0 aliphatic rings. The van der Waals surface area contributed by atoms with E-state index in [1.807, 2.05) is 66.7 Å². The molecule has 0 aliphatic heterocycles. The summed E-state index contributed by atoms with van der Waals surface area (Å²) >= 11 is 0. The van der Waals surface area contributed by atoms with Crippen LogP contribution in [0.25, 0.3) is 0 Å². The van der Waals surface area contributed by atoms with Crippen LogP contribution in [0, 0.1) is 5.92 Å². The summed E-state index contributed by atoms with van der Waals surface area (Å²) in [7, 11) is 0. The van der Waals surface area contributed by atoms with Crippen molar-refractivity contribution in [1.29, 1.82) is 0 Å². The van der Waals surface area contributed by atoms with E-state index in [0.717, 1.165) is 29.2 Å². The van der Waals surface area contributed by atoms with E-state index in [1.54, 1.807) is 12.1 Å². The first-order chi connectivity index (χ1) is 14.1. The SMILES string of the molecule is CC(C)CCOc1ccc(NC(=O)c2ccc(OCc3ccccc3)cc2)cc1. The van der Waals surface area contributed by atoms with Gasteiger partial charge in [0, 0.05) is 11.3 Å². The van der Waals surface area contributed by atoms with Gasteiger partial charge in [0.2, 0.25) is 0 Å². The molecular formula is C25H27NO3. The maximum absolute atomic E-state index is 12.5. The second-order valence-corrected chi connectivity index (χ2v) is 7.31. The Kier molecular flexibility index (Phi) is 7.28. The zero-order valence-corrected chi connectivity index (χ0v) is 16.9. The van der Waals surface area contributed by atoms with E-state index < -0.39 is 0 Å². The number of carbonyl (C=O) groups is 1. The van der Waals surface area contributed by atoms with Crippen LogP contribution < -0.4 is 14.8 Å². The van der Waals surface area contributed by atoms with Gasteiger partial charge in [-0.2, -0.15) is 0 Å². The molecule has 0 saturated heterocycles. The Morgan fingerprint density at radius 1 is 0.828 bits per heavy atom. The summed E-state index contributed by atoms with van der Waals surface area (Å²) in [6, 6.07) is 24.6. The summed E-state index contributed by atoms with van der Waals surface area (Å²) in [5.41, 5.74) is 2.41. The first kappa shape index (κ1) is 20.5. The highest BCUT2D eigenvalue weighted by Gasteiger charge is 2.07. The van der Waals surface area contributed by atoms with E-state index in [0.29, 0.717) is 24.7 Å². The number of anilines is 1. The van der Waals surface area contributed by atoms with Crippen molar-refractivity contribution in [2.24, 2.45) is 5.92 Å². The molecule has 150 valence electrons. The number of nitrogens with one attached hydrogen (secondary N) is 1. The lowest BCUT2D eigenvalue weighted by Gasteiger charge is -2.10. The Morgan fingerprint density at radius 2 is 1.45 bits per heavy atom. The number of hydrogen-bond donors (Lipinski definition) is 1. The molecule has 1 amide bonds. The van der Waals surface area contributed by atoms with E-state index in [9.17, 15) is 4.79 Å². The minimum absolute atomic E-state index is 0.159. The smallest absolute Gasteiger partial charge is 0.255 e. The Labute approximate surface area is 172 Å². The highest BCUT2D eigenvalue weighted by Crippen LogP contribution is 2.19. The lowest BCUT2D eigenvalue weighted by Crippen LogP contribution is -2.11. The number of hydrogen-bond acceptors (Lipinski definition) is 3. The molecule has 0 atom stereocenters. The fourth-order valence-corrected chi connectivity index (χ4v) is 2.69. The van der Waals surface area contributed by atoms with Crippen LogP contribution in [0.15, 0.2) is 78.9 Å². The summed E-state index contributed by atoms with van der Waals surface area (Å²) in [6.45, 7) is 5.54. The second kappa shape index (κ2) is 10.3. The van der Waals surface area contributed by atoms with E-state index in [-0.39, 0.29) is 5.91 Å². The molecule has 3 aromatic rings. The molecule has 3 rings (SSSR count). The summed E-state index contributed by atoms with van der Waals surface area (Å²) in [4.78, 5) is 12.5. The summed E-state index contributed by atoms with van der Waals surface area (Å²) in [6.07, 6.45) is 1.02. The average molecular weight is 389 g/mol. The van der Waals surface area contributed by atoms with E-state index in [2.05, 4.69) is 19.2 Å². The Hall–Kier alpha value is -3.27. The van der Waals surface area contributed by atoms with Gasteiger partial charge >= 0.3 is 0 Å². The van der Waals surface area contributed by atoms with Crippen LogP contribution >= 0.6 is 0 Å². The molecule has 4 heteroatoms. The third kappa shape index (κ3) is 6.68. The van der Waals surface area contributed by atoms with E-state index in [4.69, 9.17) is 9.47 Å². The number of benzene rings is 3. The topological polar surface area (TPSA) is 47.6 Å². The maximum Gasteiger partial charge on any atom is 0.255 e. The third-order valence-corrected chi connectivity index (χ3v) is 4.44. The lowest BCUT2D eigenvalue weighted by atomic mass is 10.1. The molecule has 0 spiro atoms. The van der Waals surface area contributed by atoms with E-state index in [1.165, 1.54) is 0 Å². The summed E-state index contributed by atoms with van der Waals surface area (Å²) in [5.74, 6) is 1.99. The van der Waals surface area contributed by atoms with Gasteiger partial charge in [-0.3, -0.25) is 4.79 Å². The van der Waals surface area contributed by atoms with Gasteiger partial charge in [-0.05, 0) is 66.4 Å². The number of amides is 1. The molecule has 0 heterocycles. The molecule has 1 N–H and O–H groups in total. The summed E-state index contributed by atoms with van der Waals surface area (Å²) in [5, 5.41) is 2.90. The molecule has 0 bridgehead atoms. The summed E-state index contributed by atoms with van der Waals surface area (Å²) < 4.78 is 11.5. The zero-order valence-electron chi connectivity index (χ0n) is 16.9. The van der Waals surface area contributed by atoms with Crippen LogP contribution in [-0.2, 0) is 6.61 Å². The molecule has 29 heavy (non-hydrogen) atoms. The molecule has 0 fully saturated rings. The number of carbonyl (C=O) groups excluding carboxylic acids is 1. The average Bonchev–Trinajstić information content (AvgIpc) is 2.74. The number of rotatable bonds is 9. The molecule has 0 aromatic heterocycles. The Morgan fingerprint density at radius 3 is 2.10 bits per heavy atom. The number of ether oxygens (including phenoxy) is 2. The fourth-order valence-electron chi connectivity index (χ4n) is 2.69. The minimum Gasteiger partial charge on any atom is -0.494 e. The second-order valence-electron chi connectivity index (χ2n) is 7.31. The van der Waals surface area contributed by atoms with E-state index >= 15 is 0 Å². The van der Waals surface area contributed by atoms with Gasteiger partial charge in [-0.25, -0.2) is 0 Å². The van der Waals surface area contributed by atoms with Gasteiger partial charge in [0.05, 0.1) is 6.61 Å². The predicted molar refractivity (Wildman–Crippen MR) is 117 cm³/mol. The monoisotopic (exact) mass is 389 g/mol. The molecule has 0 saturated carbocycles. The van der Waals surface area contributed by atoms with Crippen LogP contribution in [0.3, 0.4) is 0 Å². The van der Waals surface area contributed by atoms with Crippen molar-refractivity contribution in [3.8, 4) is 11.5 Å². The normalized spacial score (nSPS) is 10.6. The van der Waals surface area contributed by atoms with Crippen molar-refractivity contribution in [3.63, 3.8) is 0 Å².